The fraction of sp³-hybridized carbons (Fsp3) is 0.538. The van der Waals surface area contributed by atoms with Gasteiger partial charge in [-0.15, -0.1) is 0 Å². The second-order valence-electron chi connectivity index (χ2n) is 3.93. The molecule has 1 unspecified atom stereocenters. The van der Waals surface area contributed by atoms with E-state index in [1.165, 1.54) is 5.56 Å². The summed E-state index contributed by atoms with van der Waals surface area (Å²) >= 11 is 0. The zero-order valence-electron chi connectivity index (χ0n) is 10.2. The van der Waals surface area contributed by atoms with Gasteiger partial charge in [0.2, 0.25) is 0 Å². The molecule has 0 saturated carbocycles. The lowest BCUT2D eigenvalue weighted by atomic mass is 10.0. The van der Waals surface area contributed by atoms with Gasteiger partial charge in [0.05, 0.1) is 6.61 Å². The second-order valence-corrected chi connectivity index (χ2v) is 3.93. The molecule has 0 amide bonds. The molecule has 0 fully saturated rings. The van der Waals surface area contributed by atoms with Gasteiger partial charge in [0.25, 0.3) is 0 Å². The van der Waals surface area contributed by atoms with Crippen LogP contribution in [0, 0.1) is 0 Å². The van der Waals surface area contributed by atoms with Gasteiger partial charge >= 0.3 is 0 Å². The van der Waals surface area contributed by atoms with Crippen molar-refractivity contribution in [3.8, 4) is 5.75 Å². The van der Waals surface area contributed by atoms with E-state index in [0.29, 0.717) is 0 Å². The van der Waals surface area contributed by atoms with Gasteiger partial charge in [0, 0.05) is 6.04 Å². The van der Waals surface area contributed by atoms with Crippen LogP contribution in [0.1, 0.15) is 44.7 Å². The first kappa shape index (κ1) is 13.0. The zero-order valence-corrected chi connectivity index (χ0v) is 10.2. The number of nitrogens with one attached hydrogen (secondary N) is 1. The first-order valence-electron chi connectivity index (χ1n) is 6.00. The maximum absolute atomic E-state index is 5.53. The molecule has 3 N–H and O–H groups in total. The van der Waals surface area contributed by atoms with E-state index < -0.39 is 0 Å². The highest BCUT2D eigenvalue weighted by Crippen LogP contribution is 2.20. The summed E-state index contributed by atoms with van der Waals surface area (Å²) in [6.07, 6.45) is 3.19. The highest BCUT2D eigenvalue weighted by Gasteiger charge is 2.07. The Morgan fingerprint density at radius 3 is 2.38 bits per heavy atom. The van der Waals surface area contributed by atoms with Gasteiger partial charge in [-0.1, -0.05) is 32.4 Å². The molecule has 1 rings (SSSR count). The van der Waals surface area contributed by atoms with E-state index in [-0.39, 0.29) is 6.04 Å². The Bertz CT molecular complexity index is 284. The number of hydrogen-bond acceptors (Lipinski definition) is 3. The molecule has 0 heterocycles. The predicted octanol–water partition coefficient (Wildman–Crippen LogP) is 2.78. The highest BCUT2D eigenvalue weighted by atomic mass is 16.5. The Hall–Kier alpha value is -1.06. The van der Waals surface area contributed by atoms with Crippen molar-refractivity contribution in [3.63, 3.8) is 0 Å². The lowest BCUT2D eigenvalue weighted by molar-refractivity contribution is 0.317. The summed E-state index contributed by atoms with van der Waals surface area (Å²) in [4.78, 5) is 0. The SMILES string of the molecule is CCCOc1ccc(C(CCC)NN)cc1. The largest absolute Gasteiger partial charge is 0.494 e. The molecule has 90 valence electrons. The average Bonchev–Trinajstić information content (AvgIpc) is 2.34. The number of ether oxygens (including phenoxy) is 1. The molecule has 16 heavy (non-hydrogen) atoms. The number of hydrazine groups is 1. The number of benzene rings is 1. The molecule has 3 nitrogen and oxygen atoms in total. The molecule has 0 aliphatic carbocycles. The minimum absolute atomic E-state index is 0.241. The van der Waals surface area contributed by atoms with E-state index in [1.807, 2.05) is 12.1 Å². The summed E-state index contributed by atoms with van der Waals surface area (Å²) in [5.41, 5.74) is 4.06. The quantitative estimate of drug-likeness (QED) is 0.551. The van der Waals surface area contributed by atoms with E-state index in [2.05, 4.69) is 31.4 Å². The van der Waals surface area contributed by atoms with E-state index in [1.54, 1.807) is 0 Å². The molecular weight excluding hydrogens is 200 g/mol. The van der Waals surface area contributed by atoms with Crippen LogP contribution in [0.25, 0.3) is 0 Å². The molecule has 0 aromatic heterocycles. The average molecular weight is 222 g/mol. The van der Waals surface area contributed by atoms with Crippen LogP contribution in [0.4, 0.5) is 0 Å². The van der Waals surface area contributed by atoms with E-state index in [0.717, 1.165) is 31.6 Å². The Balaban J connectivity index is 2.61. The van der Waals surface area contributed by atoms with Crippen molar-refractivity contribution in [1.29, 1.82) is 0 Å². The van der Waals surface area contributed by atoms with Gasteiger partial charge in [-0.05, 0) is 30.5 Å². The molecule has 0 radical (unpaired) electrons. The fourth-order valence-corrected chi connectivity index (χ4v) is 1.65. The molecule has 3 heteroatoms. The summed E-state index contributed by atoms with van der Waals surface area (Å²) in [6.45, 7) is 5.03. The normalized spacial score (nSPS) is 12.4. The summed E-state index contributed by atoms with van der Waals surface area (Å²) in [6, 6.07) is 8.40. The molecule has 0 aliphatic heterocycles. The minimum Gasteiger partial charge on any atom is -0.494 e. The van der Waals surface area contributed by atoms with E-state index in [9.17, 15) is 0 Å². The van der Waals surface area contributed by atoms with Crippen molar-refractivity contribution in [2.24, 2.45) is 5.84 Å². The van der Waals surface area contributed by atoms with Crippen molar-refractivity contribution in [1.82, 2.24) is 5.43 Å². The smallest absolute Gasteiger partial charge is 0.119 e. The van der Waals surface area contributed by atoms with Crippen molar-refractivity contribution in [3.05, 3.63) is 29.8 Å². The Kier molecular flexibility index (Phi) is 5.90. The third kappa shape index (κ3) is 3.83. The van der Waals surface area contributed by atoms with Crippen LogP contribution in [0.2, 0.25) is 0 Å². The maximum Gasteiger partial charge on any atom is 0.119 e. The van der Waals surface area contributed by atoms with Gasteiger partial charge < -0.3 is 4.74 Å². The fourth-order valence-electron chi connectivity index (χ4n) is 1.65. The lowest BCUT2D eigenvalue weighted by Crippen LogP contribution is -2.27. The van der Waals surface area contributed by atoms with Crippen molar-refractivity contribution < 1.29 is 4.74 Å². The van der Waals surface area contributed by atoms with Crippen molar-refractivity contribution in [2.75, 3.05) is 6.61 Å². The molecule has 1 aromatic carbocycles. The second kappa shape index (κ2) is 7.25. The maximum atomic E-state index is 5.53. The van der Waals surface area contributed by atoms with Gasteiger partial charge in [-0.3, -0.25) is 11.3 Å². The highest BCUT2D eigenvalue weighted by molar-refractivity contribution is 5.29. The molecule has 1 aromatic rings. The molecule has 0 aliphatic rings. The predicted molar refractivity (Wildman–Crippen MR) is 67.2 cm³/mol. The van der Waals surface area contributed by atoms with Crippen LogP contribution in [0.3, 0.4) is 0 Å². The lowest BCUT2D eigenvalue weighted by Gasteiger charge is -2.15. The van der Waals surface area contributed by atoms with Crippen LogP contribution >= 0.6 is 0 Å². The van der Waals surface area contributed by atoms with Gasteiger partial charge in [0.15, 0.2) is 0 Å². The van der Waals surface area contributed by atoms with Gasteiger partial charge in [-0.2, -0.15) is 0 Å². The number of nitrogens with two attached hydrogens (primary N) is 1. The third-order valence-electron chi connectivity index (χ3n) is 2.53. The summed E-state index contributed by atoms with van der Waals surface area (Å²) in [7, 11) is 0. The van der Waals surface area contributed by atoms with E-state index >= 15 is 0 Å². The van der Waals surface area contributed by atoms with Crippen molar-refractivity contribution in [2.45, 2.75) is 39.2 Å². The molecular formula is C13H22N2O. The molecule has 0 saturated heterocycles. The topological polar surface area (TPSA) is 47.3 Å². The standard InChI is InChI=1S/C13H22N2O/c1-3-5-13(15-14)11-6-8-12(9-7-11)16-10-4-2/h6-9,13,15H,3-5,10,14H2,1-2H3. The minimum atomic E-state index is 0.241. The summed E-state index contributed by atoms with van der Waals surface area (Å²) in [5, 5.41) is 0. The third-order valence-corrected chi connectivity index (χ3v) is 2.53. The monoisotopic (exact) mass is 222 g/mol. The summed E-state index contributed by atoms with van der Waals surface area (Å²) in [5.74, 6) is 6.46. The molecule has 1 atom stereocenters. The molecule has 0 spiro atoms. The first-order chi connectivity index (χ1) is 7.81. The van der Waals surface area contributed by atoms with Crippen LogP contribution in [-0.4, -0.2) is 6.61 Å². The number of hydrogen-bond donors (Lipinski definition) is 2. The van der Waals surface area contributed by atoms with Crippen LogP contribution < -0.4 is 16.0 Å². The first-order valence-corrected chi connectivity index (χ1v) is 6.00. The van der Waals surface area contributed by atoms with Gasteiger partial charge in [0.1, 0.15) is 5.75 Å². The zero-order chi connectivity index (χ0) is 11.8. The molecule has 0 bridgehead atoms. The Labute approximate surface area is 98.0 Å². The summed E-state index contributed by atoms with van der Waals surface area (Å²) < 4.78 is 5.53. The van der Waals surface area contributed by atoms with Crippen molar-refractivity contribution >= 4 is 0 Å². The van der Waals surface area contributed by atoms with Crippen LogP contribution in [-0.2, 0) is 0 Å². The Morgan fingerprint density at radius 1 is 1.19 bits per heavy atom. The van der Waals surface area contributed by atoms with Crippen LogP contribution in [0.5, 0.6) is 5.75 Å². The van der Waals surface area contributed by atoms with Gasteiger partial charge in [-0.25, -0.2) is 0 Å². The Morgan fingerprint density at radius 2 is 1.88 bits per heavy atom. The van der Waals surface area contributed by atoms with E-state index in [4.69, 9.17) is 10.6 Å². The number of rotatable bonds is 7. The van der Waals surface area contributed by atoms with Crippen LogP contribution in [0.15, 0.2) is 24.3 Å².